The number of nitrogens with two attached hydrogens (primary N) is 1. The van der Waals surface area contributed by atoms with Crippen LogP contribution in [0.25, 0.3) is 21.8 Å². The van der Waals surface area contributed by atoms with Gasteiger partial charge in [-0.15, -0.1) is 0 Å². The summed E-state index contributed by atoms with van der Waals surface area (Å²) in [5.41, 5.74) is 8.45. The second-order valence-electron chi connectivity index (χ2n) is 10.0. The summed E-state index contributed by atoms with van der Waals surface area (Å²) in [7, 11) is 0. The van der Waals surface area contributed by atoms with Crippen molar-refractivity contribution in [3.8, 4) is 0 Å². The zero-order valence-electron chi connectivity index (χ0n) is 22.9. The minimum absolute atomic E-state index is 0.0460. The molecule has 14 heteroatoms. The first kappa shape index (κ1) is 30.7. The van der Waals surface area contributed by atoms with E-state index in [2.05, 4.69) is 25.9 Å². The number of rotatable bonds is 14. The van der Waals surface area contributed by atoms with Gasteiger partial charge in [0.1, 0.15) is 18.1 Å². The van der Waals surface area contributed by atoms with Crippen molar-refractivity contribution in [2.45, 2.75) is 43.4 Å². The Bertz CT molecular complexity index is 1650. The number of carbonyl (C=O) groups is 5. The van der Waals surface area contributed by atoms with Crippen LogP contribution in [0.4, 0.5) is 0 Å². The number of fused-ring (bicyclic) bond motifs is 2. The van der Waals surface area contributed by atoms with Gasteiger partial charge in [-0.05, 0) is 23.3 Å². The van der Waals surface area contributed by atoms with E-state index >= 15 is 0 Å². The number of amides is 3. The molecule has 226 valence electrons. The number of H-pyrrole nitrogens is 2. The Morgan fingerprint density at radius 1 is 0.698 bits per heavy atom. The van der Waals surface area contributed by atoms with Gasteiger partial charge in [0.2, 0.25) is 17.7 Å². The molecule has 0 radical (unpaired) electrons. The number of hydrogen-bond donors (Lipinski definition) is 9. The molecule has 0 fully saturated rings. The molecule has 4 atom stereocenters. The summed E-state index contributed by atoms with van der Waals surface area (Å²) in [6.45, 7) is -0.878. The molecule has 14 nitrogen and oxygen atoms in total. The fraction of sp³-hybridized carbons (Fsp3) is 0.276. The zero-order chi connectivity index (χ0) is 31.1. The average molecular weight is 593 g/mol. The number of benzene rings is 2. The van der Waals surface area contributed by atoms with Crippen LogP contribution >= 0.6 is 0 Å². The molecule has 0 spiro atoms. The first-order valence-corrected chi connectivity index (χ1v) is 13.4. The van der Waals surface area contributed by atoms with E-state index in [1.165, 1.54) is 0 Å². The van der Waals surface area contributed by atoms with Crippen molar-refractivity contribution < 1.29 is 39.3 Å². The lowest BCUT2D eigenvalue weighted by Crippen LogP contribution is -2.58. The SMILES string of the molecule is NC(CC(=O)O)C(=O)NC(CO)C(=O)NC(Cc1c[nH]c2ccccc12)C(=O)NC(Cc1c[nH]c2ccccc12)C(=O)O. The third kappa shape index (κ3) is 7.55. The number of aromatic amines is 2. The lowest BCUT2D eigenvalue weighted by molar-refractivity contribution is -0.142. The lowest BCUT2D eigenvalue weighted by atomic mass is 10.0. The van der Waals surface area contributed by atoms with Gasteiger partial charge in [0.05, 0.1) is 19.1 Å². The van der Waals surface area contributed by atoms with E-state index in [0.29, 0.717) is 11.1 Å². The number of para-hydroxylation sites is 2. The highest BCUT2D eigenvalue weighted by molar-refractivity contribution is 5.95. The molecule has 0 saturated heterocycles. The molecule has 4 rings (SSSR count). The van der Waals surface area contributed by atoms with Crippen LogP contribution in [0.2, 0.25) is 0 Å². The normalized spacial score (nSPS) is 14.0. The van der Waals surface area contributed by atoms with Crippen LogP contribution in [-0.2, 0) is 36.8 Å². The summed E-state index contributed by atoms with van der Waals surface area (Å²) in [6.07, 6.45) is 2.51. The summed E-state index contributed by atoms with van der Waals surface area (Å²) in [6, 6.07) is 8.85. The van der Waals surface area contributed by atoms with E-state index in [0.717, 1.165) is 21.8 Å². The Labute approximate surface area is 244 Å². The number of hydrogen-bond acceptors (Lipinski definition) is 7. The first-order chi connectivity index (χ1) is 20.6. The number of carboxylic acids is 2. The number of carbonyl (C=O) groups excluding carboxylic acids is 3. The number of aliphatic hydroxyl groups excluding tert-OH is 1. The number of carboxylic acid groups (broad SMARTS) is 2. The molecule has 43 heavy (non-hydrogen) atoms. The highest BCUT2D eigenvalue weighted by Gasteiger charge is 2.31. The monoisotopic (exact) mass is 592 g/mol. The summed E-state index contributed by atoms with van der Waals surface area (Å²) in [5, 5.41) is 37.4. The maximum atomic E-state index is 13.6. The van der Waals surface area contributed by atoms with Gasteiger partial charge in [-0.3, -0.25) is 19.2 Å². The average Bonchev–Trinajstić information content (AvgIpc) is 3.58. The van der Waals surface area contributed by atoms with Crippen LogP contribution in [0.5, 0.6) is 0 Å². The highest BCUT2D eigenvalue weighted by Crippen LogP contribution is 2.21. The van der Waals surface area contributed by atoms with E-state index in [1.807, 2.05) is 42.5 Å². The Morgan fingerprint density at radius 2 is 1.16 bits per heavy atom. The third-order valence-corrected chi connectivity index (χ3v) is 6.99. The molecule has 0 aliphatic carbocycles. The van der Waals surface area contributed by atoms with Crippen molar-refractivity contribution in [3.05, 3.63) is 72.1 Å². The molecule has 0 saturated carbocycles. The van der Waals surface area contributed by atoms with Crippen LogP contribution < -0.4 is 21.7 Å². The summed E-state index contributed by atoms with van der Waals surface area (Å²) >= 11 is 0. The van der Waals surface area contributed by atoms with Gasteiger partial charge in [0, 0.05) is 47.0 Å². The molecule has 0 bridgehead atoms. The van der Waals surface area contributed by atoms with Crippen molar-refractivity contribution in [1.82, 2.24) is 25.9 Å². The standard InChI is InChI=1S/C29H32N6O8/c30-19(11-25(37)38)26(39)35-24(14-36)28(41)33-22(9-15-12-31-20-7-3-1-5-17(15)20)27(40)34-23(29(42)43)10-16-13-32-21-8-4-2-6-18(16)21/h1-8,12-13,19,22-24,31-32,36H,9-11,14,30H2,(H,33,41)(H,34,40)(H,35,39)(H,37,38)(H,42,43). The molecule has 4 unspecified atom stereocenters. The first-order valence-electron chi connectivity index (χ1n) is 13.4. The van der Waals surface area contributed by atoms with Gasteiger partial charge in [-0.1, -0.05) is 36.4 Å². The van der Waals surface area contributed by atoms with E-state index < -0.39 is 66.9 Å². The minimum atomic E-state index is -1.56. The Hall–Kier alpha value is -5.21. The fourth-order valence-corrected chi connectivity index (χ4v) is 4.75. The molecular formula is C29H32N6O8. The van der Waals surface area contributed by atoms with E-state index in [-0.39, 0.29) is 12.8 Å². The second kappa shape index (κ2) is 13.6. The third-order valence-electron chi connectivity index (χ3n) is 6.99. The molecule has 2 heterocycles. The smallest absolute Gasteiger partial charge is 0.326 e. The number of nitrogens with one attached hydrogen (secondary N) is 5. The van der Waals surface area contributed by atoms with Crippen molar-refractivity contribution >= 4 is 51.5 Å². The quantitative estimate of drug-likeness (QED) is 0.0938. The maximum absolute atomic E-state index is 13.6. The van der Waals surface area contributed by atoms with Crippen LogP contribution in [-0.4, -0.2) is 85.7 Å². The predicted molar refractivity (Wildman–Crippen MR) is 155 cm³/mol. The van der Waals surface area contributed by atoms with Crippen LogP contribution in [0.15, 0.2) is 60.9 Å². The minimum Gasteiger partial charge on any atom is -0.481 e. The number of aromatic nitrogens is 2. The van der Waals surface area contributed by atoms with Gasteiger partial charge in [0.15, 0.2) is 0 Å². The number of aliphatic carboxylic acids is 2. The van der Waals surface area contributed by atoms with E-state index in [1.54, 1.807) is 18.5 Å². The Balaban J connectivity index is 1.55. The molecule has 4 aromatic rings. The Kier molecular flexibility index (Phi) is 9.75. The summed E-state index contributed by atoms with van der Waals surface area (Å²) in [4.78, 5) is 68.2. The number of aliphatic hydroxyl groups is 1. The lowest BCUT2D eigenvalue weighted by Gasteiger charge is -2.24. The summed E-state index contributed by atoms with van der Waals surface area (Å²) in [5.74, 6) is -5.37. The molecule has 0 aliphatic heterocycles. The second-order valence-corrected chi connectivity index (χ2v) is 10.0. The molecule has 2 aromatic heterocycles. The molecule has 2 aromatic carbocycles. The Morgan fingerprint density at radius 3 is 1.67 bits per heavy atom. The van der Waals surface area contributed by atoms with E-state index in [4.69, 9.17) is 10.8 Å². The fourth-order valence-electron chi connectivity index (χ4n) is 4.75. The van der Waals surface area contributed by atoms with Gasteiger partial charge in [-0.2, -0.15) is 0 Å². The predicted octanol–water partition coefficient (Wildman–Crippen LogP) is -0.232. The van der Waals surface area contributed by atoms with Crippen LogP contribution in [0.1, 0.15) is 17.5 Å². The van der Waals surface area contributed by atoms with Crippen LogP contribution in [0.3, 0.4) is 0 Å². The molecule has 3 amide bonds. The largest absolute Gasteiger partial charge is 0.481 e. The zero-order valence-corrected chi connectivity index (χ0v) is 22.9. The summed E-state index contributed by atoms with van der Waals surface area (Å²) < 4.78 is 0. The van der Waals surface area contributed by atoms with Crippen molar-refractivity contribution in [3.63, 3.8) is 0 Å². The maximum Gasteiger partial charge on any atom is 0.326 e. The van der Waals surface area contributed by atoms with Crippen molar-refractivity contribution in [2.24, 2.45) is 5.73 Å². The topological polar surface area (TPSA) is 240 Å². The molecular weight excluding hydrogens is 560 g/mol. The molecule has 10 N–H and O–H groups in total. The van der Waals surface area contributed by atoms with Crippen molar-refractivity contribution in [2.75, 3.05) is 6.61 Å². The van der Waals surface area contributed by atoms with E-state index in [9.17, 15) is 34.2 Å². The van der Waals surface area contributed by atoms with Crippen LogP contribution in [0, 0.1) is 0 Å². The van der Waals surface area contributed by atoms with Gasteiger partial charge < -0.3 is 47.0 Å². The van der Waals surface area contributed by atoms with Gasteiger partial charge in [-0.25, -0.2) is 4.79 Å². The highest BCUT2D eigenvalue weighted by atomic mass is 16.4. The van der Waals surface area contributed by atoms with Gasteiger partial charge in [0.25, 0.3) is 0 Å². The molecule has 0 aliphatic rings. The van der Waals surface area contributed by atoms with Crippen molar-refractivity contribution in [1.29, 1.82) is 0 Å². The van der Waals surface area contributed by atoms with Gasteiger partial charge >= 0.3 is 11.9 Å².